The van der Waals surface area contributed by atoms with Gasteiger partial charge in [-0.2, -0.15) is 0 Å². The summed E-state index contributed by atoms with van der Waals surface area (Å²) in [5.74, 6) is -2.59. The van der Waals surface area contributed by atoms with Crippen LogP contribution in [-0.4, -0.2) is 55.0 Å². The van der Waals surface area contributed by atoms with Gasteiger partial charge in [0.05, 0.1) is 18.8 Å². The third kappa shape index (κ3) is 4.09. The number of nitrogens with two attached hydrogens (primary N) is 1. The van der Waals surface area contributed by atoms with Gasteiger partial charge in [0, 0.05) is 31.4 Å². The van der Waals surface area contributed by atoms with Crippen LogP contribution in [0.5, 0.6) is 0 Å². The second-order valence-electron chi connectivity index (χ2n) is 7.37. The van der Waals surface area contributed by atoms with Gasteiger partial charge in [0.1, 0.15) is 11.6 Å². The average molecular weight is 444 g/mol. The average Bonchev–Trinajstić information content (AvgIpc) is 3.10. The van der Waals surface area contributed by atoms with Crippen molar-refractivity contribution in [2.75, 3.05) is 38.7 Å². The van der Waals surface area contributed by atoms with Gasteiger partial charge in [-0.3, -0.25) is 9.59 Å². The molecule has 1 atom stereocenters. The van der Waals surface area contributed by atoms with Crippen molar-refractivity contribution in [2.45, 2.75) is 6.23 Å². The van der Waals surface area contributed by atoms with Crippen molar-refractivity contribution in [1.29, 1.82) is 0 Å². The van der Waals surface area contributed by atoms with Crippen molar-refractivity contribution >= 4 is 17.5 Å². The summed E-state index contributed by atoms with van der Waals surface area (Å²) in [5, 5.41) is 2.91. The Morgan fingerprint density at radius 1 is 1.06 bits per heavy atom. The highest BCUT2D eigenvalue weighted by atomic mass is 19.1. The van der Waals surface area contributed by atoms with E-state index in [2.05, 4.69) is 5.32 Å². The van der Waals surface area contributed by atoms with E-state index in [4.69, 9.17) is 15.2 Å². The first-order valence-corrected chi connectivity index (χ1v) is 9.98. The Hall–Kier alpha value is -3.66. The standard InChI is InChI=1S/C22H22F2N4O4/c1-27-18(19(25)29)20(32-22(27)17-15(23)3-2-4-16(17)24)26-14-7-5-13(6-8-14)21(30)28-9-11-31-12-10-28/h2-8,22,26H,9-12H2,1H3,(H2,25,29). The van der Waals surface area contributed by atoms with Crippen molar-refractivity contribution in [2.24, 2.45) is 5.73 Å². The quantitative estimate of drug-likeness (QED) is 0.734. The van der Waals surface area contributed by atoms with Crippen LogP contribution in [0.1, 0.15) is 22.1 Å². The molecule has 168 valence electrons. The number of rotatable bonds is 5. The van der Waals surface area contributed by atoms with Crippen LogP contribution in [0.25, 0.3) is 0 Å². The fraction of sp³-hybridized carbons (Fsp3) is 0.273. The van der Waals surface area contributed by atoms with Crippen LogP contribution in [0.3, 0.4) is 0 Å². The minimum atomic E-state index is -1.22. The molecule has 32 heavy (non-hydrogen) atoms. The second-order valence-corrected chi connectivity index (χ2v) is 7.37. The van der Waals surface area contributed by atoms with Crippen LogP contribution in [-0.2, 0) is 14.3 Å². The highest BCUT2D eigenvalue weighted by Gasteiger charge is 2.38. The van der Waals surface area contributed by atoms with Gasteiger partial charge >= 0.3 is 0 Å². The molecule has 2 aliphatic heterocycles. The largest absolute Gasteiger partial charge is 0.449 e. The molecule has 0 bridgehead atoms. The molecule has 8 nitrogen and oxygen atoms in total. The van der Waals surface area contributed by atoms with E-state index in [1.54, 1.807) is 29.2 Å². The molecule has 1 unspecified atom stereocenters. The van der Waals surface area contributed by atoms with E-state index >= 15 is 0 Å². The smallest absolute Gasteiger partial charge is 0.270 e. The maximum Gasteiger partial charge on any atom is 0.270 e. The van der Waals surface area contributed by atoms with Crippen LogP contribution in [0.4, 0.5) is 14.5 Å². The summed E-state index contributed by atoms with van der Waals surface area (Å²) in [6.07, 6.45) is -1.22. The normalized spacial score (nSPS) is 18.5. The number of primary amides is 1. The van der Waals surface area contributed by atoms with E-state index in [1.807, 2.05) is 0 Å². The predicted octanol–water partition coefficient (Wildman–Crippen LogP) is 2.16. The number of carbonyl (C=O) groups is 2. The first-order valence-electron chi connectivity index (χ1n) is 9.98. The topological polar surface area (TPSA) is 97.1 Å². The van der Waals surface area contributed by atoms with Crippen LogP contribution < -0.4 is 11.1 Å². The fourth-order valence-corrected chi connectivity index (χ4v) is 3.67. The van der Waals surface area contributed by atoms with Gasteiger partial charge in [-0.1, -0.05) is 6.07 Å². The lowest BCUT2D eigenvalue weighted by atomic mass is 10.1. The summed E-state index contributed by atoms with van der Waals surface area (Å²) in [6.45, 7) is 2.07. The van der Waals surface area contributed by atoms with Crippen molar-refractivity contribution in [3.05, 3.63) is 76.8 Å². The lowest BCUT2D eigenvalue weighted by Crippen LogP contribution is -2.40. The maximum atomic E-state index is 14.3. The molecule has 0 spiro atoms. The Kier molecular flexibility index (Phi) is 5.95. The summed E-state index contributed by atoms with van der Waals surface area (Å²) >= 11 is 0. The van der Waals surface area contributed by atoms with E-state index in [0.717, 1.165) is 12.1 Å². The number of amides is 2. The summed E-state index contributed by atoms with van der Waals surface area (Å²) < 4.78 is 39.5. The van der Waals surface area contributed by atoms with Gasteiger partial charge in [0.15, 0.2) is 5.70 Å². The van der Waals surface area contributed by atoms with Crippen molar-refractivity contribution in [1.82, 2.24) is 9.80 Å². The van der Waals surface area contributed by atoms with Gasteiger partial charge < -0.3 is 30.3 Å². The SMILES string of the molecule is CN1C(C(N)=O)=C(Nc2ccc(C(=O)N3CCOCC3)cc2)OC1c1c(F)cccc1F. The number of hydrogen-bond donors (Lipinski definition) is 2. The highest BCUT2D eigenvalue weighted by Crippen LogP contribution is 2.37. The van der Waals surface area contributed by atoms with Crippen molar-refractivity contribution in [3.63, 3.8) is 0 Å². The molecule has 2 aromatic carbocycles. The molecule has 0 aromatic heterocycles. The first kappa shape index (κ1) is 21.6. The zero-order valence-electron chi connectivity index (χ0n) is 17.3. The predicted molar refractivity (Wildman–Crippen MR) is 111 cm³/mol. The molecule has 2 heterocycles. The number of nitrogens with one attached hydrogen (secondary N) is 1. The molecule has 0 aliphatic carbocycles. The Labute approximate surface area is 183 Å². The molecule has 4 rings (SSSR count). The number of anilines is 1. The number of ether oxygens (including phenoxy) is 2. The fourth-order valence-electron chi connectivity index (χ4n) is 3.67. The number of nitrogens with zero attached hydrogens (tertiary/aromatic N) is 2. The molecule has 1 saturated heterocycles. The number of carbonyl (C=O) groups excluding carboxylic acids is 2. The molecule has 0 radical (unpaired) electrons. The Morgan fingerprint density at radius 3 is 2.28 bits per heavy atom. The maximum absolute atomic E-state index is 14.3. The Balaban J connectivity index is 1.54. The second kappa shape index (κ2) is 8.83. The highest BCUT2D eigenvalue weighted by molar-refractivity contribution is 5.95. The molecule has 1 fully saturated rings. The molecule has 2 amide bonds. The van der Waals surface area contributed by atoms with E-state index < -0.39 is 23.8 Å². The Bertz CT molecular complexity index is 1050. The molecule has 2 aromatic rings. The first-order chi connectivity index (χ1) is 15.4. The van der Waals surface area contributed by atoms with Gasteiger partial charge in [-0.25, -0.2) is 8.78 Å². The van der Waals surface area contributed by atoms with Crippen molar-refractivity contribution < 1.29 is 27.8 Å². The lowest BCUT2D eigenvalue weighted by Gasteiger charge is -2.26. The van der Waals surface area contributed by atoms with E-state index in [-0.39, 0.29) is 23.1 Å². The number of halogens is 2. The van der Waals surface area contributed by atoms with Crippen molar-refractivity contribution in [3.8, 4) is 0 Å². The molecule has 3 N–H and O–H groups in total. The van der Waals surface area contributed by atoms with E-state index in [9.17, 15) is 18.4 Å². The number of morpholine rings is 1. The summed E-state index contributed by atoms with van der Waals surface area (Å²) in [6, 6.07) is 10.0. The molecular formula is C22H22F2N4O4. The third-order valence-corrected chi connectivity index (χ3v) is 5.32. The summed E-state index contributed by atoms with van der Waals surface area (Å²) in [4.78, 5) is 27.6. The molecule has 2 aliphatic rings. The molecular weight excluding hydrogens is 422 g/mol. The van der Waals surface area contributed by atoms with Gasteiger partial charge in [0.25, 0.3) is 11.8 Å². The van der Waals surface area contributed by atoms with Crippen LogP contribution in [0.15, 0.2) is 54.0 Å². The van der Waals surface area contributed by atoms with Gasteiger partial charge in [0.2, 0.25) is 12.1 Å². The zero-order chi connectivity index (χ0) is 22.8. The van der Waals surface area contributed by atoms with E-state index in [0.29, 0.717) is 37.6 Å². The zero-order valence-corrected chi connectivity index (χ0v) is 17.3. The van der Waals surface area contributed by atoms with Gasteiger partial charge in [-0.15, -0.1) is 0 Å². The van der Waals surface area contributed by atoms with Gasteiger partial charge in [-0.05, 0) is 36.4 Å². The lowest BCUT2D eigenvalue weighted by molar-refractivity contribution is -0.116. The number of benzene rings is 2. The third-order valence-electron chi connectivity index (χ3n) is 5.32. The van der Waals surface area contributed by atoms with Crippen LogP contribution in [0.2, 0.25) is 0 Å². The molecule has 0 saturated carbocycles. The molecule has 10 heteroatoms. The van der Waals surface area contributed by atoms with E-state index in [1.165, 1.54) is 18.0 Å². The van der Waals surface area contributed by atoms with Crippen LogP contribution in [0, 0.1) is 11.6 Å². The number of likely N-dealkylation sites (N-methyl/N-ethyl adjacent to an activating group) is 1. The summed E-state index contributed by atoms with van der Waals surface area (Å²) in [7, 11) is 1.45. The minimum Gasteiger partial charge on any atom is -0.449 e. The monoisotopic (exact) mass is 444 g/mol. The Morgan fingerprint density at radius 2 is 1.69 bits per heavy atom. The minimum absolute atomic E-state index is 0.0418. The summed E-state index contributed by atoms with van der Waals surface area (Å²) in [5.41, 5.74) is 6.09. The number of hydrogen-bond acceptors (Lipinski definition) is 6. The van der Waals surface area contributed by atoms with Crippen LogP contribution >= 0.6 is 0 Å².